The van der Waals surface area contributed by atoms with Crippen LogP contribution in [0.3, 0.4) is 0 Å². The largest absolute Gasteiger partial charge is 0.497 e. The monoisotopic (exact) mass is 288 g/mol. The van der Waals surface area contributed by atoms with E-state index in [1.165, 1.54) is 11.8 Å². The van der Waals surface area contributed by atoms with Gasteiger partial charge in [-0.15, -0.1) is 11.8 Å². The molecule has 5 heteroatoms. The molecule has 0 bridgehead atoms. The number of nitrogens with one attached hydrogen (secondary N) is 1. The highest BCUT2D eigenvalue weighted by molar-refractivity contribution is 8.00. The van der Waals surface area contributed by atoms with Gasteiger partial charge in [0.15, 0.2) is 0 Å². The van der Waals surface area contributed by atoms with E-state index >= 15 is 0 Å². The zero-order chi connectivity index (χ0) is 14.4. The first-order valence-electron chi connectivity index (χ1n) is 6.09. The second kappa shape index (κ2) is 6.86. The molecule has 0 heterocycles. The Morgan fingerprint density at radius 1 is 1.25 bits per heavy atom. The van der Waals surface area contributed by atoms with E-state index in [9.17, 15) is 4.79 Å². The molecule has 0 fully saturated rings. The molecule has 0 unspecified atom stereocenters. The fraction of sp³-hybridized carbons (Fsp3) is 0.133. The van der Waals surface area contributed by atoms with E-state index in [1.54, 1.807) is 31.4 Å². The summed E-state index contributed by atoms with van der Waals surface area (Å²) in [5, 5.41) is 2.82. The van der Waals surface area contributed by atoms with Crippen LogP contribution in [-0.2, 0) is 4.79 Å². The van der Waals surface area contributed by atoms with Crippen LogP contribution in [-0.4, -0.2) is 18.8 Å². The Morgan fingerprint density at radius 2 is 2.00 bits per heavy atom. The van der Waals surface area contributed by atoms with Crippen LogP contribution in [0.25, 0.3) is 0 Å². The number of methoxy groups -OCH3 is 1. The minimum atomic E-state index is -0.0532. The fourth-order valence-electron chi connectivity index (χ4n) is 1.60. The van der Waals surface area contributed by atoms with Crippen molar-refractivity contribution in [2.45, 2.75) is 4.90 Å². The minimum absolute atomic E-state index is 0.0532. The van der Waals surface area contributed by atoms with Crippen molar-refractivity contribution in [3.05, 3.63) is 48.5 Å². The molecule has 20 heavy (non-hydrogen) atoms. The van der Waals surface area contributed by atoms with Crippen LogP contribution in [0.1, 0.15) is 0 Å². The van der Waals surface area contributed by atoms with Gasteiger partial charge in [0.1, 0.15) is 5.75 Å². The molecule has 0 radical (unpaired) electrons. The second-order valence-electron chi connectivity index (χ2n) is 4.14. The van der Waals surface area contributed by atoms with Crippen molar-refractivity contribution in [3.63, 3.8) is 0 Å². The first kappa shape index (κ1) is 14.3. The van der Waals surface area contributed by atoms with E-state index in [0.29, 0.717) is 11.4 Å². The number of rotatable bonds is 5. The summed E-state index contributed by atoms with van der Waals surface area (Å²) in [6.07, 6.45) is 0. The Kier molecular flexibility index (Phi) is 4.90. The number of carbonyl (C=O) groups excluding carboxylic acids is 1. The maximum atomic E-state index is 11.8. The number of hydrogen-bond acceptors (Lipinski definition) is 4. The molecule has 0 aliphatic rings. The highest BCUT2D eigenvalue weighted by Gasteiger charge is 2.04. The van der Waals surface area contributed by atoms with Gasteiger partial charge in [-0.2, -0.15) is 0 Å². The number of nitrogen functional groups attached to an aromatic ring is 1. The zero-order valence-electron chi connectivity index (χ0n) is 11.1. The first-order valence-corrected chi connectivity index (χ1v) is 7.08. The van der Waals surface area contributed by atoms with Gasteiger partial charge < -0.3 is 15.8 Å². The Balaban J connectivity index is 1.87. The molecule has 0 saturated carbocycles. The lowest BCUT2D eigenvalue weighted by Gasteiger charge is -2.06. The molecule has 3 N–H and O–H groups in total. The van der Waals surface area contributed by atoms with Crippen molar-refractivity contribution >= 4 is 29.0 Å². The summed E-state index contributed by atoms with van der Waals surface area (Å²) in [6.45, 7) is 0. The molecule has 0 aliphatic carbocycles. The van der Waals surface area contributed by atoms with Gasteiger partial charge in [-0.1, -0.05) is 6.07 Å². The first-order chi connectivity index (χ1) is 9.67. The van der Waals surface area contributed by atoms with Crippen LogP contribution in [0.4, 0.5) is 11.4 Å². The number of amides is 1. The van der Waals surface area contributed by atoms with Gasteiger partial charge in [-0.05, 0) is 42.5 Å². The average molecular weight is 288 g/mol. The van der Waals surface area contributed by atoms with Crippen molar-refractivity contribution in [3.8, 4) is 5.75 Å². The number of anilines is 2. The molecule has 1 amide bonds. The second-order valence-corrected chi connectivity index (χ2v) is 5.19. The van der Waals surface area contributed by atoms with Crippen molar-refractivity contribution in [2.24, 2.45) is 0 Å². The molecule has 0 aromatic heterocycles. The van der Waals surface area contributed by atoms with E-state index in [2.05, 4.69) is 5.32 Å². The highest BCUT2D eigenvalue weighted by atomic mass is 32.2. The van der Waals surface area contributed by atoms with E-state index in [0.717, 1.165) is 16.3 Å². The standard InChI is InChI=1S/C15H16N2O2S/c1-19-13-3-2-4-14(9-13)20-10-15(18)17-12-7-5-11(16)6-8-12/h2-9H,10,16H2,1H3,(H,17,18). The van der Waals surface area contributed by atoms with E-state index in [1.807, 2.05) is 24.3 Å². The third-order valence-electron chi connectivity index (χ3n) is 2.61. The summed E-state index contributed by atoms with van der Waals surface area (Å²) in [7, 11) is 1.62. The Labute approximate surface area is 122 Å². The van der Waals surface area contributed by atoms with Crippen molar-refractivity contribution in [2.75, 3.05) is 23.9 Å². The highest BCUT2D eigenvalue weighted by Crippen LogP contribution is 2.23. The van der Waals surface area contributed by atoms with Crippen LogP contribution < -0.4 is 15.8 Å². The van der Waals surface area contributed by atoms with Crippen LogP contribution >= 0.6 is 11.8 Å². The Hall–Kier alpha value is -2.14. The van der Waals surface area contributed by atoms with Crippen molar-refractivity contribution in [1.82, 2.24) is 0 Å². The number of hydrogen-bond donors (Lipinski definition) is 2. The third kappa shape index (κ3) is 4.20. The minimum Gasteiger partial charge on any atom is -0.497 e. The Morgan fingerprint density at radius 3 is 2.70 bits per heavy atom. The van der Waals surface area contributed by atoms with Crippen LogP contribution in [0, 0.1) is 0 Å². The smallest absolute Gasteiger partial charge is 0.234 e. The zero-order valence-corrected chi connectivity index (χ0v) is 11.9. The number of ether oxygens (including phenoxy) is 1. The van der Waals surface area contributed by atoms with E-state index in [-0.39, 0.29) is 5.91 Å². The van der Waals surface area contributed by atoms with Gasteiger partial charge in [0, 0.05) is 16.3 Å². The lowest BCUT2D eigenvalue weighted by Crippen LogP contribution is -2.13. The third-order valence-corrected chi connectivity index (χ3v) is 3.60. The van der Waals surface area contributed by atoms with E-state index in [4.69, 9.17) is 10.5 Å². The van der Waals surface area contributed by atoms with Gasteiger partial charge in [0.2, 0.25) is 5.91 Å². The van der Waals surface area contributed by atoms with E-state index < -0.39 is 0 Å². The number of thioether (sulfide) groups is 1. The average Bonchev–Trinajstić information content (AvgIpc) is 2.48. The molecular weight excluding hydrogens is 272 g/mol. The van der Waals surface area contributed by atoms with Gasteiger partial charge >= 0.3 is 0 Å². The van der Waals surface area contributed by atoms with Crippen LogP contribution in [0.15, 0.2) is 53.4 Å². The van der Waals surface area contributed by atoms with Gasteiger partial charge in [-0.25, -0.2) is 0 Å². The summed E-state index contributed by atoms with van der Waals surface area (Å²) in [4.78, 5) is 12.8. The SMILES string of the molecule is COc1cccc(SCC(=O)Nc2ccc(N)cc2)c1. The van der Waals surface area contributed by atoms with Crippen LogP contribution in [0.2, 0.25) is 0 Å². The predicted octanol–water partition coefficient (Wildman–Crippen LogP) is 3.01. The van der Waals surface area contributed by atoms with Crippen LogP contribution in [0.5, 0.6) is 5.75 Å². The number of benzene rings is 2. The lowest BCUT2D eigenvalue weighted by molar-refractivity contribution is -0.113. The molecule has 0 atom stereocenters. The molecule has 2 rings (SSSR count). The molecule has 0 spiro atoms. The van der Waals surface area contributed by atoms with Gasteiger partial charge in [0.05, 0.1) is 12.9 Å². The van der Waals surface area contributed by atoms with Crippen molar-refractivity contribution in [1.29, 1.82) is 0 Å². The normalized spacial score (nSPS) is 10.1. The quantitative estimate of drug-likeness (QED) is 0.655. The Bertz CT molecular complexity index is 585. The maximum absolute atomic E-state index is 11.8. The molecule has 4 nitrogen and oxygen atoms in total. The molecule has 104 valence electrons. The summed E-state index contributed by atoms with van der Waals surface area (Å²) in [5.41, 5.74) is 7.01. The topological polar surface area (TPSA) is 64.3 Å². The fourth-order valence-corrected chi connectivity index (χ4v) is 2.35. The summed E-state index contributed by atoms with van der Waals surface area (Å²) < 4.78 is 5.14. The van der Waals surface area contributed by atoms with Gasteiger partial charge in [-0.3, -0.25) is 4.79 Å². The predicted molar refractivity (Wildman–Crippen MR) is 83.2 cm³/mol. The summed E-state index contributed by atoms with van der Waals surface area (Å²) in [6, 6.07) is 14.7. The molecule has 2 aromatic carbocycles. The van der Waals surface area contributed by atoms with Crippen molar-refractivity contribution < 1.29 is 9.53 Å². The molecule has 2 aromatic rings. The number of nitrogens with two attached hydrogens (primary N) is 1. The summed E-state index contributed by atoms with van der Waals surface area (Å²) in [5.74, 6) is 1.08. The molecule has 0 saturated heterocycles. The molecular formula is C15H16N2O2S. The summed E-state index contributed by atoms with van der Waals surface area (Å²) >= 11 is 1.46. The van der Waals surface area contributed by atoms with Gasteiger partial charge in [0.25, 0.3) is 0 Å². The lowest BCUT2D eigenvalue weighted by atomic mass is 10.3. The number of carbonyl (C=O) groups is 1. The molecule has 0 aliphatic heterocycles. The maximum Gasteiger partial charge on any atom is 0.234 e.